The number of carbonyl (C=O) groups is 6. The van der Waals surface area contributed by atoms with E-state index < -0.39 is 7.12 Å². The van der Waals surface area contributed by atoms with Crippen LogP contribution in [0.2, 0.25) is 0 Å². The molecule has 2 fully saturated rings. The zero-order valence-electron chi connectivity index (χ0n) is 60.9. The Bertz CT molecular complexity index is 4800. The maximum absolute atomic E-state index is 13.7. The number of amides is 4. The van der Waals surface area contributed by atoms with Crippen LogP contribution in [0.1, 0.15) is 160 Å². The van der Waals surface area contributed by atoms with E-state index in [4.69, 9.17) is 39.0 Å². The van der Waals surface area contributed by atoms with Gasteiger partial charge in [-0.3, -0.25) is 28.8 Å². The topological polar surface area (TPSA) is 313 Å². The second kappa shape index (κ2) is 37.4. The summed E-state index contributed by atoms with van der Waals surface area (Å²) in [7, 11) is 1.70. The van der Waals surface area contributed by atoms with Crippen LogP contribution in [0.5, 0.6) is 11.5 Å². The van der Waals surface area contributed by atoms with Gasteiger partial charge in [-0.2, -0.15) is 10.2 Å². The Morgan fingerprint density at radius 3 is 1.39 bits per heavy atom. The lowest BCUT2D eigenvalue weighted by Crippen LogP contribution is -2.30. The van der Waals surface area contributed by atoms with Crippen molar-refractivity contribution in [3.8, 4) is 22.6 Å². The summed E-state index contributed by atoms with van der Waals surface area (Å²) < 4.78 is 26.6. The van der Waals surface area contributed by atoms with Crippen LogP contribution in [-0.4, -0.2) is 136 Å². The monoisotopic (exact) mass is 1500 g/mol. The number of nitrogens with zero attached hydrogens (tertiary/aromatic N) is 6. The maximum Gasteiger partial charge on any atom is 0.488 e. The summed E-state index contributed by atoms with van der Waals surface area (Å²) in [5, 5.41) is 48.0. The number of fused-ring (bicyclic) bond motifs is 2. The normalized spacial score (nSPS) is 12.9. The maximum atomic E-state index is 13.7. The molecule has 26 heteroatoms. The fourth-order valence-corrected chi connectivity index (χ4v) is 13.5. The van der Waals surface area contributed by atoms with Gasteiger partial charge in [-0.25, -0.2) is 19.3 Å². The number of halogens is 1. The highest BCUT2D eigenvalue weighted by atomic mass is 79.9. The van der Waals surface area contributed by atoms with Crippen LogP contribution in [0.15, 0.2) is 138 Å². The zero-order valence-corrected chi connectivity index (χ0v) is 62.5. The molecule has 0 radical (unpaired) electrons. The molecule has 552 valence electrons. The lowest BCUT2D eigenvalue weighted by Gasteiger charge is -2.26. The van der Waals surface area contributed by atoms with Gasteiger partial charge >= 0.3 is 7.12 Å². The molecule has 0 aliphatic carbocycles. The molecule has 0 spiro atoms. The van der Waals surface area contributed by atoms with Gasteiger partial charge in [-0.1, -0.05) is 68.4 Å². The number of rotatable bonds is 26. The molecule has 10 aromatic rings. The van der Waals surface area contributed by atoms with E-state index in [-0.39, 0.29) is 55.3 Å². The van der Waals surface area contributed by atoms with Gasteiger partial charge in [0.2, 0.25) is 0 Å². The number of aryl methyl sites for hydroxylation is 6. The lowest BCUT2D eigenvalue weighted by atomic mass is 9.80. The van der Waals surface area contributed by atoms with Crippen LogP contribution in [0.4, 0.5) is 11.4 Å². The van der Waals surface area contributed by atoms with Crippen molar-refractivity contribution in [3.63, 3.8) is 0 Å². The fourth-order valence-electron chi connectivity index (χ4n) is 12.9. The van der Waals surface area contributed by atoms with Crippen molar-refractivity contribution in [2.75, 3.05) is 51.3 Å². The van der Waals surface area contributed by atoms with Crippen LogP contribution in [0, 0.1) is 13.8 Å². The Balaban J connectivity index is 0.000000199. The number of methoxy groups -OCH3 is 2. The van der Waals surface area contributed by atoms with Crippen LogP contribution < -0.4 is 46.8 Å². The van der Waals surface area contributed by atoms with E-state index in [9.17, 15) is 28.8 Å². The molecule has 4 aromatic heterocycles. The van der Waals surface area contributed by atoms with Crippen molar-refractivity contribution in [2.24, 2.45) is 0 Å². The summed E-state index contributed by atoms with van der Waals surface area (Å²) in [6, 6.07) is 35.6. The number of aromatic nitrogens is 6. The van der Waals surface area contributed by atoms with E-state index in [2.05, 4.69) is 71.9 Å². The van der Waals surface area contributed by atoms with E-state index in [1.807, 2.05) is 98.0 Å². The summed E-state index contributed by atoms with van der Waals surface area (Å²) in [5.41, 5.74) is 15.3. The third kappa shape index (κ3) is 19.6. The first-order chi connectivity index (χ1) is 51.3. The van der Waals surface area contributed by atoms with Gasteiger partial charge in [-0.15, -0.1) is 0 Å². The molecule has 106 heavy (non-hydrogen) atoms. The predicted molar refractivity (Wildman–Crippen MR) is 413 cm³/mol. The third-order valence-corrected chi connectivity index (χ3v) is 19.1. The van der Waals surface area contributed by atoms with Gasteiger partial charge in [-0.05, 0) is 182 Å². The molecule has 4 amide bonds. The van der Waals surface area contributed by atoms with Crippen molar-refractivity contribution >= 4 is 98.2 Å². The second-order valence-electron chi connectivity index (χ2n) is 25.8. The highest BCUT2D eigenvalue weighted by Gasteiger charge is 2.26. The molecule has 2 aliphatic heterocycles. The summed E-state index contributed by atoms with van der Waals surface area (Å²) >= 11 is 3.48. The van der Waals surface area contributed by atoms with Gasteiger partial charge in [0, 0.05) is 139 Å². The number of nitrogens with one attached hydrogen (secondary N) is 6. The van der Waals surface area contributed by atoms with E-state index in [1.165, 1.54) is 12.1 Å². The number of pyridine rings is 2. The highest BCUT2D eigenvalue weighted by Crippen LogP contribution is 2.35. The van der Waals surface area contributed by atoms with E-state index in [1.54, 1.807) is 74.9 Å². The standard InChI is InChI=1S/C40H44N6O5.C33H39BrN6O4.C7H7BO3/c1-5-35-33(37(44-31-12-14-51-15-13-31)34-23-43-46(6-2)38(34)45-35)22-42-40(49)30-17-25(3)16-29(20-30)39(48)41-21-26-10-11-36(50-4)32(19-26)28-9-7-8-27(18-28)24-47;1-5-28-25(30(38-24-9-11-44-12-10-24)26-19-37-40(6-2)31(26)39-28)18-36-33(42)23-14-20(3)13-22(16-23)32(41)35-17-21-7-8-29(43-4)27(34)15-21;9-5-6-2-1-3-7(4-6)8(10)11/h7-11,16-20,23-24,31H,5-6,12-15,21-22H2,1-4H3,(H,41,48)(H,42,49)(H,44,45);7-8,13-16,19,24H,5-6,9-12,17-18H2,1-4H3,(H,35,41)(H,36,42)(H,38,39);1-5,10-11H. The molecule has 0 unspecified atom stereocenters. The first-order valence-corrected chi connectivity index (χ1v) is 36.4. The van der Waals surface area contributed by atoms with Crippen molar-refractivity contribution in [3.05, 3.63) is 216 Å². The van der Waals surface area contributed by atoms with Crippen molar-refractivity contribution in [1.29, 1.82) is 0 Å². The minimum absolute atomic E-state index is 0.240. The Kier molecular flexibility index (Phi) is 27.5. The molecule has 0 saturated carbocycles. The molecule has 6 aromatic carbocycles. The number of hydrogen-bond donors (Lipinski definition) is 8. The predicted octanol–water partition coefficient (Wildman–Crippen LogP) is 11.0. The number of ether oxygens (including phenoxy) is 4. The smallest absolute Gasteiger partial charge is 0.488 e. The SMILES string of the molecule is CCc1nc2c(cnn2CC)c(NC2CCOCC2)c1CNC(=O)c1cc(C)cc(C(=O)NCc2ccc(OC)c(-c3cccc(C=O)c3)c2)c1.CCc1nc2c(cnn2CC)c(NC2CCOCC2)c1CNC(=O)c1cc(C)cc(C(=O)NCc2ccc(OC)c(Br)c2)c1.O=Cc1cccc(B(O)O)c1. The Hall–Kier alpha value is -10.6. The van der Waals surface area contributed by atoms with E-state index in [0.717, 1.165) is 132 Å². The van der Waals surface area contributed by atoms with Gasteiger partial charge in [0.05, 0.1) is 53.2 Å². The average molecular weight is 1500 g/mol. The number of aldehydes is 2. The summed E-state index contributed by atoms with van der Waals surface area (Å²) in [5.74, 6) is 0.282. The highest BCUT2D eigenvalue weighted by molar-refractivity contribution is 9.10. The summed E-state index contributed by atoms with van der Waals surface area (Å²) in [6.45, 7) is 17.4. The first kappa shape index (κ1) is 78.0. The number of benzene rings is 6. The van der Waals surface area contributed by atoms with E-state index in [0.29, 0.717) is 110 Å². The quantitative estimate of drug-likeness (QED) is 0.0184. The van der Waals surface area contributed by atoms with E-state index >= 15 is 0 Å². The average Bonchev–Trinajstić information content (AvgIpc) is 1.58. The molecule has 8 N–H and O–H groups in total. The fraction of sp³-hybridized carbons (Fsp3) is 0.325. The van der Waals surface area contributed by atoms with Crippen molar-refractivity contribution in [2.45, 2.75) is 131 Å². The van der Waals surface area contributed by atoms with Crippen LogP contribution in [0.25, 0.3) is 33.2 Å². The number of carbonyl (C=O) groups excluding carboxylic acids is 6. The van der Waals surface area contributed by atoms with Gasteiger partial charge < -0.3 is 60.9 Å². The molecule has 2 aliphatic rings. The Morgan fingerprint density at radius 1 is 0.547 bits per heavy atom. The van der Waals surface area contributed by atoms with Crippen molar-refractivity contribution < 1.29 is 57.8 Å². The minimum Gasteiger partial charge on any atom is -0.496 e. The molecule has 0 atom stereocenters. The molecule has 2 saturated heterocycles. The molecular weight excluding hydrogens is 1410 g/mol. The summed E-state index contributed by atoms with van der Waals surface area (Å²) in [6.07, 6.45) is 10.2. The molecule has 24 nitrogen and oxygen atoms in total. The minimum atomic E-state index is -1.50. The molecular formula is C80H90BBrN12O12. The third-order valence-electron chi connectivity index (χ3n) is 18.5. The lowest BCUT2D eigenvalue weighted by molar-refractivity contribution is 0.0903. The van der Waals surface area contributed by atoms with Crippen LogP contribution >= 0.6 is 15.9 Å². The van der Waals surface area contributed by atoms with Crippen LogP contribution in [0.3, 0.4) is 0 Å². The van der Waals surface area contributed by atoms with Gasteiger partial charge in [0.1, 0.15) is 24.1 Å². The van der Waals surface area contributed by atoms with Gasteiger partial charge in [0.25, 0.3) is 23.6 Å². The number of anilines is 2. The largest absolute Gasteiger partial charge is 0.496 e. The van der Waals surface area contributed by atoms with Crippen molar-refractivity contribution in [1.82, 2.24) is 50.8 Å². The molecule has 0 bridgehead atoms. The van der Waals surface area contributed by atoms with Crippen LogP contribution in [-0.2, 0) is 61.6 Å². The Morgan fingerprint density at radius 2 is 0.972 bits per heavy atom. The van der Waals surface area contributed by atoms with Gasteiger partial charge in [0.15, 0.2) is 11.3 Å². The first-order valence-electron chi connectivity index (χ1n) is 35.6. The number of hydrogen-bond acceptors (Lipinski definition) is 18. The molecule has 6 heterocycles. The zero-order chi connectivity index (χ0) is 75.4. The molecule has 12 rings (SSSR count). The second-order valence-corrected chi connectivity index (χ2v) is 26.7. The summed E-state index contributed by atoms with van der Waals surface area (Å²) in [4.78, 5) is 85.2. The Labute approximate surface area is 625 Å².